The molecule has 4 rings (SSSR count). The number of hydrogen-bond acceptors (Lipinski definition) is 6. The summed E-state index contributed by atoms with van der Waals surface area (Å²) in [4.78, 5) is 27.1. The fourth-order valence-corrected chi connectivity index (χ4v) is 5.16. The maximum atomic E-state index is 13.8. The normalized spacial score (nSPS) is 20.4. The maximum absolute atomic E-state index is 13.8. The highest BCUT2D eigenvalue weighted by molar-refractivity contribution is 6.04. The largest absolute Gasteiger partial charge is 0.493 e. The van der Waals surface area contributed by atoms with Gasteiger partial charge in [0.25, 0.3) is 0 Å². The van der Waals surface area contributed by atoms with Gasteiger partial charge in [0.15, 0.2) is 17.3 Å². The minimum absolute atomic E-state index is 0.0110. The summed E-state index contributed by atoms with van der Waals surface area (Å²) >= 11 is 0. The third kappa shape index (κ3) is 4.90. The molecule has 6 nitrogen and oxygen atoms in total. The fraction of sp³-hybridized carbons (Fsp3) is 0.400. The van der Waals surface area contributed by atoms with Crippen molar-refractivity contribution in [2.24, 2.45) is 0 Å². The number of hydrogen-bond donors (Lipinski definition) is 1. The first-order valence-electron chi connectivity index (χ1n) is 12.5. The van der Waals surface area contributed by atoms with E-state index in [1.807, 2.05) is 64.1 Å². The van der Waals surface area contributed by atoms with Crippen molar-refractivity contribution >= 4 is 11.8 Å². The van der Waals surface area contributed by atoms with E-state index < -0.39 is 5.92 Å². The number of carbonyl (C=O) groups is 2. The standard InChI is InChI=1S/C30H35NO5/c1-7-18(3)36-30(33)27-19(4)31-23-14-22(20-11-12-25(34-5)26(16-20)35-6)15-24(32)29(23)28(27)21-10-8-9-17(2)13-21/h8-13,16,18,22,28,31H,7,14-15H2,1-6H3/t18-,22+,28+/m0/s1. The summed E-state index contributed by atoms with van der Waals surface area (Å²) in [5, 5.41) is 3.42. The van der Waals surface area contributed by atoms with Gasteiger partial charge in [0.2, 0.25) is 0 Å². The van der Waals surface area contributed by atoms with Crippen LogP contribution >= 0.6 is 0 Å². The van der Waals surface area contributed by atoms with Crippen molar-refractivity contribution in [3.63, 3.8) is 0 Å². The predicted octanol–water partition coefficient (Wildman–Crippen LogP) is 5.72. The quantitative estimate of drug-likeness (QED) is 0.502. The smallest absolute Gasteiger partial charge is 0.337 e. The van der Waals surface area contributed by atoms with Crippen LogP contribution in [0.4, 0.5) is 0 Å². The van der Waals surface area contributed by atoms with Crippen molar-refractivity contribution in [1.29, 1.82) is 0 Å². The monoisotopic (exact) mass is 489 g/mol. The third-order valence-electron chi connectivity index (χ3n) is 7.19. The van der Waals surface area contributed by atoms with Crippen LogP contribution in [0.15, 0.2) is 65.0 Å². The van der Waals surface area contributed by atoms with Gasteiger partial charge in [0, 0.05) is 29.3 Å². The van der Waals surface area contributed by atoms with E-state index in [2.05, 4.69) is 11.4 Å². The fourth-order valence-electron chi connectivity index (χ4n) is 5.16. The molecule has 2 aromatic rings. The van der Waals surface area contributed by atoms with Crippen molar-refractivity contribution in [3.05, 3.63) is 81.7 Å². The average molecular weight is 490 g/mol. The van der Waals surface area contributed by atoms with Gasteiger partial charge in [-0.25, -0.2) is 4.79 Å². The summed E-state index contributed by atoms with van der Waals surface area (Å²) in [5.74, 6) is 0.489. The molecule has 0 bridgehead atoms. The molecule has 1 aliphatic carbocycles. The molecule has 2 aliphatic rings. The van der Waals surface area contributed by atoms with Crippen LogP contribution in [0.25, 0.3) is 0 Å². The van der Waals surface area contributed by atoms with Crippen LogP contribution < -0.4 is 14.8 Å². The predicted molar refractivity (Wildman–Crippen MR) is 139 cm³/mol. The number of dihydropyridines is 1. The van der Waals surface area contributed by atoms with Crippen LogP contribution in [-0.4, -0.2) is 32.1 Å². The summed E-state index contributed by atoms with van der Waals surface area (Å²) in [6.45, 7) is 7.78. The maximum Gasteiger partial charge on any atom is 0.337 e. The molecule has 36 heavy (non-hydrogen) atoms. The van der Waals surface area contributed by atoms with E-state index in [0.717, 1.165) is 34.5 Å². The van der Waals surface area contributed by atoms with Crippen LogP contribution in [0.5, 0.6) is 11.5 Å². The van der Waals surface area contributed by atoms with Gasteiger partial charge in [-0.05, 0) is 62.8 Å². The molecule has 3 atom stereocenters. The van der Waals surface area contributed by atoms with Gasteiger partial charge in [0.1, 0.15) is 0 Å². The van der Waals surface area contributed by atoms with Crippen LogP contribution in [0.2, 0.25) is 0 Å². The summed E-state index contributed by atoms with van der Waals surface area (Å²) < 4.78 is 16.6. The number of carbonyl (C=O) groups excluding carboxylic acids is 2. The lowest BCUT2D eigenvalue weighted by Crippen LogP contribution is -2.36. The van der Waals surface area contributed by atoms with E-state index in [0.29, 0.717) is 35.5 Å². The molecule has 0 fully saturated rings. The second-order valence-corrected chi connectivity index (χ2v) is 9.67. The van der Waals surface area contributed by atoms with Crippen LogP contribution in [0, 0.1) is 6.92 Å². The first kappa shape index (κ1) is 25.5. The molecule has 2 aromatic carbocycles. The summed E-state index contributed by atoms with van der Waals surface area (Å²) in [5.41, 5.74) is 5.80. The molecular weight excluding hydrogens is 454 g/mol. The molecule has 0 aromatic heterocycles. The zero-order valence-electron chi connectivity index (χ0n) is 21.9. The molecule has 0 amide bonds. The third-order valence-corrected chi connectivity index (χ3v) is 7.19. The molecular formula is C30H35NO5. The molecule has 0 radical (unpaired) electrons. The molecule has 190 valence electrons. The Hall–Kier alpha value is -3.54. The lowest BCUT2D eigenvalue weighted by atomic mass is 9.71. The Kier molecular flexibility index (Phi) is 7.53. The number of ketones is 1. The van der Waals surface area contributed by atoms with Crippen molar-refractivity contribution in [3.8, 4) is 11.5 Å². The van der Waals surface area contributed by atoms with E-state index in [-0.39, 0.29) is 23.8 Å². The van der Waals surface area contributed by atoms with Gasteiger partial charge in [-0.15, -0.1) is 0 Å². The van der Waals surface area contributed by atoms with Crippen molar-refractivity contribution < 1.29 is 23.8 Å². The van der Waals surface area contributed by atoms with Gasteiger partial charge in [-0.3, -0.25) is 4.79 Å². The number of ether oxygens (including phenoxy) is 3. The molecule has 0 unspecified atom stereocenters. The Labute approximate surface area is 213 Å². The summed E-state index contributed by atoms with van der Waals surface area (Å²) in [7, 11) is 3.21. The minimum Gasteiger partial charge on any atom is -0.493 e. The Morgan fingerprint density at radius 1 is 1.03 bits per heavy atom. The van der Waals surface area contributed by atoms with Crippen molar-refractivity contribution in [1.82, 2.24) is 5.32 Å². The number of nitrogens with one attached hydrogen (secondary N) is 1. The van der Waals surface area contributed by atoms with Gasteiger partial charge >= 0.3 is 5.97 Å². The number of methoxy groups -OCH3 is 2. The van der Waals surface area contributed by atoms with E-state index >= 15 is 0 Å². The number of rotatable bonds is 7. The molecule has 0 saturated heterocycles. The Morgan fingerprint density at radius 3 is 2.44 bits per heavy atom. The lowest BCUT2D eigenvalue weighted by Gasteiger charge is -2.37. The molecule has 1 aliphatic heterocycles. The Morgan fingerprint density at radius 2 is 1.78 bits per heavy atom. The van der Waals surface area contributed by atoms with Gasteiger partial charge in [-0.2, -0.15) is 0 Å². The highest BCUT2D eigenvalue weighted by atomic mass is 16.5. The highest BCUT2D eigenvalue weighted by Gasteiger charge is 2.41. The molecule has 1 N–H and O–H groups in total. The second-order valence-electron chi connectivity index (χ2n) is 9.67. The van der Waals surface area contributed by atoms with Gasteiger partial charge < -0.3 is 19.5 Å². The Bertz CT molecular complexity index is 1240. The number of aryl methyl sites for hydroxylation is 1. The van der Waals surface area contributed by atoms with E-state index in [1.54, 1.807) is 14.2 Å². The average Bonchev–Trinajstić information content (AvgIpc) is 2.86. The summed E-state index contributed by atoms with van der Waals surface area (Å²) in [6, 6.07) is 13.8. The van der Waals surface area contributed by atoms with Gasteiger partial charge in [-0.1, -0.05) is 42.8 Å². The van der Waals surface area contributed by atoms with E-state index in [4.69, 9.17) is 14.2 Å². The number of Topliss-reactive ketones (excluding diaryl/α,β-unsaturated/α-hetero) is 1. The zero-order chi connectivity index (χ0) is 26.0. The topological polar surface area (TPSA) is 73.9 Å². The molecule has 0 spiro atoms. The Balaban J connectivity index is 1.76. The van der Waals surface area contributed by atoms with Crippen molar-refractivity contribution in [2.75, 3.05) is 14.2 Å². The zero-order valence-corrected chi connectivity index (χ0v) is 21.9. The summed E-state index contributed by atoms with van der Waals surface area (Å²) in [6.07, 6.45) is 1.53. The van der Waals surface area contributed by atoms with Crippen molar-refractivity contribution in [2.45, 2.75) is 64.9 Å². The first-order chi connectivity index (χ1) is 17.3. The lowest BCUT2D eigenvalue weighted by molar-refractivity contribution is -0.144. The highest BCUT2D eigenvalue weighted by Crippen LogP contribution is 2.46. The molecule has 1 heterocycles. The van der Waals surface area contributed by atoms with Crippen LogP contribution in [-0.2, 0) is 14.3 Å². The number of allylic oxidation sites excluding steroid dienone is 3. The number of esters is 1. The van der Waals surface area contributed by atoms with E-state index in [1.165, 1.54) is 0 Å². The minimum atomic E-state index is -0.462. The first-order valence-corrected chi connectivity index (χ1v) is 12.5. The molecule has 0 saturated carbocycles. The van der Waals surface area contributed by atoms with E-state index in [9.17, 15) is 9.59 Å². The second kappa shape index (κ2) is 10.6. The SMILES string of the molecule is CC[C@H](C)OC(=O)C1=C(C)NC2=C(C(=O)C[C@H](c3ccc(OC)c(OC)c3)C2)[C@@H]1c1cccc(C)c1. The number of benzene rings is 2. The van der Waals surface area contributed by atoms with Crippen LogP contribution in [0.1, 0.15) is 68.6 Å². The van der Waals surface area contributed by atoms with Gasteiger partial charge in [0.05, 0.1) is 25.9 Å². The van der Waals surface area contributed by atoms with Crippen LogP contribution in [0.3, 0.4) is 0 Å². The molecule has 6 heteroatoms.